The highest BCUT2D eigenvalue weighted by atomic mass is 16.2. The summed E-state index contributed by atoms with van der Waals surface area (Å²) in [5.74, 6) is 0.923. The summed E-state index contributed by atoms with van der Waals surface area (Å²) in [5, 5.41) is 0. The zero-order valence-corrected chi connectivity index (χ0v) is 12.5. The van der Waals surface area contributed by atoms with E-state index in [9.17, 15) is 4.79 Å². The standard InChI is InChI=1S/C17H25N3O/c18-10-12-8-14-4-1-2-7-16(14)20(11-12)17(21)9-13-5-3-6-15(13)19/h1-2,4,7,12-13,15H,3,5-6,8-11,18-19H2/t12?,13-,15+/m0/s1. The largest absolute Gasteiger partial charge is 0.330 e. The Bertz CT molecular complexity index is 517. The molecule has 1 saturated carbocycles. The third kappa shape index (κ3) is 2.97. The lowest BCUT2D eigenvalue weighted by Crippen LogP contribution is -2.43. The van der Waals surface area contributed by atoms with E-state index in [1.54, 1.807) is 0 Å². The van der Waals surface area contributed by atoms with Gasteiger partial charge in [-0.25, -0.2) is 0 Å². The first-order valence-electron chi connectivity index (χ1n) is 8.03. The van der Waals surface area contributed by atoms with E-state index in [1.165, 1.54) is 5.56 Å². The van der Waals surface area contributed by atoms with Crippen molar-refractivity contribution in [3.8, 4) is 0 Å². The molecule has 4 N–H and O–H groups in total. The molecule has 1 aliphatic carbocycles. The molecule has 114 valence electrons. The van der Waals surface area contributed by atoms with Crippen molar-refractivity contribution in [3.05, 3.63) is 29.8 Å². The van der Waals surface area contributed by atoms with E-state index in [0.717, 1.165) is 37.9 Å². The van der Waals surface area contributed by atoms with Crippen LogP contribution in [-0.2, 0) is 11.2 Å². The van der Waals surface area contributed by atoms with E-state index in [0.29, 0.717) is 24.8 Å². The molecule has 0 radical (unpaired) electrons. The molecule has 1 unspecified atom stereocenters. The van der Waals surface area contributed by atoms with Crippen molar-refractivity contribution in [2.75, 3.05) is 18.0 Å². The molecule has 3 rings (SSSR count). The van der Waals surface area contributed by atoms with Gasteiger partial charge in [-0.05, 0) is 49.3 Å². The summed E-state index contributed by atoms with van der Waals surface area (Å²) in [6, 6.07) is 8.39. The number of rotatable bonds is 3. The maximum atomic E-state index is 12.8. The predicted molar refractivity (Wildman–Crippen MR) is 85.0 cm³/mol. The van der Waals surface area contributed by atoms with Crippen molar-refractivity contribution in [1.29, 1.82) is 0 Å². The van der Waals surface area contributed by atoms with Crippen molar-refractivity contribution in [3.63, 3.8) is 0 Å². The molecule has 1 amide bonds. The molecule has 1 aromatic carbocycles. The first-order chi connectivity index (χ1) is 10.2. The van der Waals surface area contributed by atoms with E-state index < -0.39 is 0 Å². The number of hydrogen-bond donors (Lipinski definition) is 2. The van der Waals surface area contributed by atoms with Crippen molar-refractivity contribution < 1.29 is 4.79 Å². The molecule has 2 aliphatic rings. The van der Waals surface area contributed by atoms with E-state index in [1.807, 2.05) is 17.0 Å². The highest BCUT2D eigenvalue weighted by molar-refractivity contribution is 5.94. The van der Waals surface area contributed by atoms with Gasteiger partial charge in [-0.3, -0.25) is 4.79 Å². The Hall–Kier alpha value is -1.39. The number of para-hydroxylation sites is 1. The maximum Gasteiger partial charge on any atom is 0.227 e. The van der Waals surface area contributed by atoms with Crippen LogP contribution in [0.1, 0.15) is 31.2 Å². The number of anilines is 1. The van der Waals surface area contributed by atoms with Gasteiger partial charge in [-0.2, -0.15) is 0 Å². The lowest BCUT2D eigenvalue weighted by molar-refractivity contribution is -0.119. The summed E-state index contributed by atoms with van der Waals surface area (Å²) < 4.78 is 0. The molecule has 4 heteroatoms. The van der Waals surface area contributed by atoms with Crippen LogP contribution in [0.2, 0.25) is 0 Å². The normalized spacial score (nSPS) is 28.5. The molecule has 4 nitrogen and oxygen atoms in total. The Balaban J connectivity index is 1.78. The molecule has 0 bridgehead atoms. The first kappa shape index (κ1) is 14.5. The molecule has 0 spiro atoms. The molecule has 0 aromatic heterocycles. The molecule has 1 aromatic rings. The third-order valence-corrected chi connectivity index (χ3v) is 5.02. The molecule has 0 saturated heterocycles. The number of carbonyl (C=O) groups is 1. The van der Waals surface area contributed by atoms with E-state index >= 15 is 0 Å². The second kappa shape index (κ2) is 6.16. The molecule has 1 heterocycles. The van der Waals surface area contributed by atoms with Gasteiger partial charge in [0.1, 0.15) is 0 Å². The summed E-state index contributed by atoms with van der Waals surface area (Å²) in [4.78, 5) is 14.7. The van der Waals surface area contributed by atoms with Gasteiger partial charge in [0.25, 0.3) is 0 Å². The fourth-order valence-corrected chi connectivity index (χ4v) is 3.73. The van der Waals surface area contributed by atoms with Crippen LogP contribution in [0, 0.1) is 11.8 Å². The summed E-state index contributed by atoms with van der Waals surface area (Å²) in [7, 11) is 0. The maximum absolute atomic E-state index is 12.8. The van der Waals surface area contributed by atoms with Crippen molar-refractivity contribution in [1.82, 2.24) is 0 Å². The van der Waals surface area contributed by atoms with Crippen LogP contribution in [0.3, 0.4) is 0 Å². The summed E-state index contributed by atoms with van der Waals surface area (Å²) in [6.45, 7) is 1.37. The Morgan fingerprint density at radius 1 is 1.29 bits per heavy atom. The van der Waals surface area contributed by atoms with Gasteiger partial charge in [-0.15, -0.1) is 0 Å². The fourth-order valence-electron chi connectivity index (χ4n) is 3.73. The van der Waals surface area contributed by atoms with E-state index in [-0.39, 0.29) is 11.9 Å². The molecular formula is C17H25N3O. The van der Waals surface area contributed by atoms with Gasteiger partial charge in [0.15, 0.2) is 0 Å². The molecule has 1 aliphatic heterocycles. The minimum Gasteiger partial charge on any atom is -0.330 e. The third-order valence-electron chi connectivity index (χ3n) is 5.02. The first-order valence-corrected chi connectivity index (χ1v) is 8.03. The Morgan fingerprint density at radius 3 is 2.81 bits per heavy atom. The average Bonchev–Trinajstić information content (AvgIpc) is 2.91. The Labute approximate surface area is 126 Å². The van der Waals surface area contributed by atoms with Gasteiger partial charge in [0.05, 0.1) is 0 Å². The molecule has 21 heavy (non-hydrogen) atoms. The molecule has 1 fully saturated rings. The van der Waals surface area contributed by atoms with Gasteiger partial charge >= 0.3 is 0 Å². The summed E-state index contributed by atoms with van der Waals surface area (Å²) >= 11 is 0. The molecule has 3 atom stereocenters. The second-order valence-corrected chi connectivity index (χ2v) is 6.50. The highest BCUT2D eigenvalue weighted by Crippen LogP contribution is 2.32. The van der Waals surface area contributed by atoms with Crippen LogP contribution in [0.15, 0.2) is 24.3 Å². The van der Waals surface area contributed by atoms with Gasteiger partial charge < -0.3 is 16.4 Å². The van der Waals surface area contributed by atoms with Crippen LogP contribution >= 0.6 is 0 Å². The number of nitrogens with two attached hydrogens (primary N) is 2. The number of nitrogens with zero attached hydrogens (tertiary/aromatic N) is 1. The quantitative estimate of drug-likeness (QED) is 0.888. The average molecular weight is 287 g/mol. The van der Waals surface area contributed by atoms with Gasteiger partial charge in [0, 0.05) is 24.7 Å². The summed E-state index contributed by atoms with van der Waals surface area (Å²) in [6.07, 6.45) is 4.84. The van der Waals surface area contributed by atoms with Crippen molar-refractivity contribution >= 4 is 11.6 Å². The fraction of sp³-hybridized carbons (Fsp3) is 0.588. The van der Waals surface area contributed by atoms with Crippen LogP contribution in [0.25, 0.3) is 0 Å². The topological polar surface area (TPSA) is 72.3 Å². The van der Waals surface area contributed by atoms with Crippen LogP contribution in [0.4, 0.5) is 5.69 Å². The lowest BCUT2D eigenvalue weighted by Gasteiger charge is -2.35. The zero-order chi connectivity index (χ0) is 14.8. The van der Waals surface area contributed by atoms with Gasteiger partial charge in [-0.1, -0.05) is 24.6 Å². The highest BCUT2D eigenvalue weighted by Gasteiger charge is 2.32. The van der Waals surface area contributed by atoms with E-state index in [2.05, 4.69) is 12.1 Å². The van der Waals surface area contributed by atoms with Crippen molar-refractivity contribution in [2.45, 2.75) is 38.1 Å². The molecular weight excluding hydrogens is 262 g/mol. The SMILES string of the molecule is NCC1Cc2ccccc2N(C(=O)C[C@@H]2CCC[C@H]2N)C1. The predicted octanol–water partition coefficient (Wildman–Crippen LogP) is 1.67. The lowest BCUT2D eigenvalue weighted by atomic mass is 9.91. The minimum atomic E-state index is 0.194. The Morgan fingerprint density at radius 2 is 2.10 bits per heavy atom. The monoisotopic (exact) mass is 287 g/mol. The number of benzene rings is 1. The smallest absolute Gasteiger partial charge is 0.227 e. The zero-order valence-electron chi connectivity index (χ0n) is 12.5. The minimum absolute atomic E-state index is 0.194. The Kier molecular flexibility index (Phi) is 4.27. The van der Waals surface area contributed by atoms with Crippen LogP contribution < -0.4 is 16.4 Å². The summed E-state index contributed by atoms with van der Waals surface area (Å²) in [5.41, 5.74) is 14.3. The number of hydrogen-bond acceptors (Lipinski definition) is 3. The van der Waals surface area contributed by atoms with Crippen molar-refractivity contribution in [2.24, 2.45) is 23.3 Å². The van der Waals surface area contributed by atoms with Crippen LogP contribution in [-0.4, -0.2) is 25.0 Å². The number of amides is 1. The van der Waals surface area contributed by atoms with E-state index in [4.69, 9.17) is 11.5 Å². The number of fused-ring (bicyclic) bond motifs is 1. The van der Waals surface area contributed by atoms with Gasteiger partial charge in [0.2, 0.25) is 5.91 Å². The van der Waals surface area contributed by atoms with Crippen LogP contribution in [0.5, 0.6) is 0 Å². The second-order valence-electron chi connectivity index (χ2n) is 6.50. The number of carbonyl (C=O) groups excluding carboxylic acids is 1.